The Bertz CT molecular complexity index is 1580. The second-order valence-corrected chi connectivity index (χ2v) is 7.72. The van der Waals surface area contributed by atoms with Gasteiger partial charge in [-0.1, -0.05) is 41.1 Å². The average molecular weight is 440 g/mol. The largest absolute Gasteiger partial charge is 0.497 e. The summed E-state index contributed by atoms with van der Waals surface area (Å²) in [5, 5.41) is 4.45. The van der Waals surface area contributed by atoms with Crippen molar-refractivity contribution in [1.29, 1.82) is 0 Å². The Hall–Kier alpha value is -4.46. The highest BCUT2D eigenvalue weighted by atomic mass is 16.5. The summed E-state index contributed by atoms with van der Waals surface area (Å²) in [6.07, 6.45) is 0. The lowest BCUT2D eigenvalue weighted by Crippen LogP contribution is -2.35. The van der Waals surface area contributed by atoms with Crippen LogP contribution in [-0.4, -0.2) is 26.8 Å². The maximum Gasteiger partial charge on any atom is 0.329 e. The van der Waals surface area contributed by atoms with Crippen molar-refractivity contribution < 1.29 is 9.26 Å². The number of methoxy groups -OCH3 is 1. The molecular weight excluding hydrogens is 420 g/mol. The highest BCUT2D eigenvalue weighted by molar-refractivity contribution is 5.82. The van der Waals surface area contributed by atoms with Crippen LogP contribution in [0.5, 0.6) is 5.75 Å². The zero-order chi connectivity index (χ0) is 22.9. The van der Waals surface area contributed by atoms with Crippen LogP contribution < -0.4 is 16.0 Å². The van der Waals surface area contributed by atoms with E-state index in [0.29, 0.717) is 33.9 Å². The fraction of sp³-hybridized carbons (Fsp3) is 0.120. The first-order chi connectivity index (χ1) is 16.0. The van der Waals surface area contributed by atoms with E-state index in [1.165, 1.54) is 4.57 Å². The van der Waals surface area contributed by atoms with Crippen LogP contribution in [0.15, 0.2) is 80.8 Å². The predicted octanol–water partition coefficient (Wildman–Crippen LogP) is 3.77. The van der Waals surface area contributed by atoms with Gasteiger partial charge in [-0.2, -0.15) is 4.98 Å². The summed E-state index contributed by atoms with van der Waals surface area (Å²) in [4.78, 5) is 33.0. The number of nitrogens with zero attached hydrogens (tertiary/aromatic N) is 3. The first-order valence-corrected chi connectivity index (χ1v) is 10.3. The molecule has 1 N–H and O–H groups in total. The van der Waals surface area contributed by atoms with Gasteiger partial charge in [0.1, 0.15) is 5.75 Å². The van der Waals surface area contributed by atoms with Gasteiger partial charge in [0.15, 0.2) is 0 Å². The number of aryl methyl sites for hydroxylation is 1. The second-order valence-electron chi connectivity index (χ2n) is 7.72. The molecule has 5 rings (SSSR count). The van der Waals surface area contributed by atoms with Crippen molar-refractivity contribution in [2.45, 2.75) is 13.5 Å². The van der Waals surface area contributed by atoms with Crippen molar-refractivity contribution >= 4 is 10.9 Å². The first-order valence-electron chi connectivity index (χ1n) is 10.3. The Morgan fingerprint density at radius 1 is 1.00 bits per heavy atom. The number of aromatic nitrogens is 4. The molecule has 2 heterocycles. The van der Waals surface area contributed by atoms with E-state index < -0.39 is 5.69 Å². The molecule has 0 saturated carbocycles. The monoisotopic (exact) mass is 440 g/mol. The minimum absolute atomic E-state index is 0.152. The average Bonchev–Trinajstić information content (AvgIpc) is 3.32. The quantitative estimate of drug-likeness (QED) is 0.446. The predicted molar refractivity (Wildman–Crippen MR) is 124 cm³/mol. The van der Waals surface area contributed by atoms with Crippen molar-refractivity contribution in [3.63, 3.8) is 0 Å². The van der Waals surface area contributed by atoms with E-state index in [-0.39, 0.29) is 12.1 Å². The highest BCUT2D eigenvalue weighted by Gasteiger charge is 2.14. The maximum absolute atomic E-state index is 13.0. The summed E-state index contributed by atoms with van der Waals surface area (Å²) < 4.78 is 11.8. The molecule has 0 fully saturated rings. The van der Waals surface area contributed by atoms with Crippen LogP contribution in [-0.2, 0) is 6.54 Å². The Kier molecular flexibility index (Phi) is 5.10. The Morgan fingerprint density at radius 2 is 1.82 bits per heavy atom. The van der Waals surface area contributed by atoms with E-state index in [1.807, 2.05) is 43.3 Å². The molecule has 0 aliphatic rings. The van der Waals surface area contributed by atoms with Crippen LogP contribution in [0.1, 0.15) is 11.1 Å². The minimum atomic E-state index is -0.494. The number of ether oxygens (including phenoxy) is 1. The fourth-order valence-electron chi connectivity index (χ4n) is 3.69. The topological polar surface area (TPSA) is 103 Å². The van der Waals surface area contributed by atoms with Crippen molar-refractivity contribution in [1.82, 2.24) is 19.7 Å². The fourth-order valence-corrected chi connectivity index (χ4v) is 3.69. The molecule has 33 heavy (non-hydrogen) atoms. The van der Waals surface area contributed by atoms with Crippen molar-refractivity contribution in [2.24, 2.45) is 0 Å². The van der Waals surface area contributed by atoms with E-state index in [2.05, 4.69) is 15.1 Å². The van der Waals surface area contributed by atoms with Gasteiger partial charge in [-0.15, -0.1) is 0 Å². The molecule has 0 spiro atoms. The third-order valence-electron chi connectivity index (χ3n) is 5.43. The summed E-state index contributed by atoms with van der Waals surface area (Å²) in [6, 6.07) is 20.1. The van der Waals surface area contributed by atoms with Gasteiger partial charge < -0.3 is 14.2 Å². The Morgan fingerprint density at radius 3 is 2.58 bits per heavy atom. The van der Waals surface area contributed by atoms with Gasteiger partial charge in [0.25, 0.3) is 11.4 Å². The lowest BCUT2D eigenvalue weighted by Gasteiger charge is -2.08. The first kappa shape index (κ1) is 20.4. The molecule has 0 atom stereocenters. The molecule has 0 unspecified atom stereocenters. The van der Waals surface area contributed by atoms with Gasteiger partial charge in [-0.3, -0.25) is 9.36 Å². The zero-order valence-electron chi connectivity index (χ0n) is 18.0. The molecule has 0 radical (unpaired) electrons. The summed E-state index contributed by atoms with van der Waals surface area (Å²) in [7, 11) is 1.58. The number of hydrogen-bond acceptors (Lipinski definition) is 6. The molecule has 0 aliphatic heterocycles. The van der Waals surface area contributed by atoms with Gasteiger partial charge in [-0.25, -0.2) is 4.79 Å². The highest BCUT2D eigenvalue weighted by Crippen LogP contribution is 2.24. The summed E-state index contributed by atoms with van der Waals surface area (Å²) in [5.41, 5.74) is 2.90. The molecule has 8 nitrogen and oxygen atoms in total. The van der Waals surface area contributed by atoms with Crippen LogP contribution >= 0.6 is 0 Å². The van der Waals surface area contributed by atoms with E-state index in [1.54, 1.807) is 37.4 Å². The standard InChI is InChI=1S/C25H20N4O4/c1-15-4-3-5-17(12-15)22-27-23(33-28-22)18-8-11-20-21(13-18)26-25(31)29(24(20)30)14-16-6-9-19(32-2)10-7-16/h3-13H,14H2,1-2H3,(H,26,31). The molecule has 0 aliphatic carbocycles. The van der Waals surface area contributed by atoms with Gasteiger partial charge in [-0.05, 0) is 48.9 Å². The minimum Gasteiger partial charge on any atom is -0.497 e. The van der Waals surface area contributed by atoms with Gasteiger partial charge in [0, 0.05) is 11.1 Å². The number of H-pyrrole nitrogens is 1. The Balaban J connectivity index is 1.50. The van der Waals surface area contributed by atoms with Gasteiger partial charge in [0.05, 0.1) is 24.6 Å². The molecule has 3 aromatic carbocycles. The molecular formula is C25H20N4O4. The maximum atomic E-state index is 13.0. The van der Waals surface area contributed by atoms with Gasteiger partial charge >= 0.3 is 5.69 Å². The van der Waals surface area contributed by atoms with E-state index >= 15 is 0 Å². The molecule has 0 saturated heterocycles. The normalized spacial score (nSPS) is 11.1. The van der Waals surface area contributed by atoms with Crippen molar-refractivity contribution in [3.05, 3.63) is 98.7 Å². The Labute approximate surface area is 188 Å². The third kappa shape index (κ3) is 3.94. The van der Waals surface area contributed by atoms with Crippen LogP contribution in [0.2, 0.25) is 0 Å². The van der Waals surface area contributed by atoms with Crippen LogP contribution in [0.3, 0.4) is 0 Å². The van der Waals surface area contributed by atoms with E-state index in [4.69, 9.17) is 9.26 Å². The molecule has 2 aromatic heterocycles. The number of aromatic amines is 1. The molecule has 164 valence electrons. The summed E-state index contributed by atoms with van der Waals surface area (Å²) in [6.45, 7) is 2.14. The smallest absolute Gasteiger partial charge is 0.329 e. The lowest BCUT2D eigenvalue weighted by atomic mass is 10.1. The van der Waals surface area contributed by atoms with Crippen LogP contribution in [0.25, 0.3) is 33.7 Å². The van der Waals surface area contributed by atoms with E-state index in [0.717, 1.165) is 16.7 Å². The van der Waals surface area contributed by atoms with Gasteiger partial charge in [0.2, 0.25) is 5.82 Å². The summed E-state index contributed by atoms with van der Waals surface area (Å²) in [5.74, 6) is 1.48. The molecule has 0 bridgehead atoms. The SMILES string of the molecule is COc1ccc(Cn2c(=O)[nH]c3cc(-c4nc(-c5cccc(C)c5)no4)ccc3c2=O)cc1. The number of rotatable bonds is 5. The van der Waals surface area contributed by atoms with Crippen molar-refractivity contribution in [2.75, 3.05) is 7.11 Å². The lowest BCUT2D eigenvalue weighted by molar-refractivity contribution is 0.414. The van der Waals surface area contributed by atoms with Crippen molar-refractivity contribution in [3.8, 4) is 28.6 Å². The second kappa shape index (κ2) is 8.23. The third-order valence-corrected chi connectivity index (χ3v) is 5.43. The number of hydrogen-bond donors (Lipinski definition) is 1. The number of fused-ring (bicyclic) bond motifs is 1. The summed E-state index contributed by atoms with van der Waals surface area (Å²) >= 11 is 0. The molecule has 0 amide bonds. The van der Waals surface area contributed by atoms with Crippen LogP contribution in [0.4, 0.5) is 0 Å². The number of benzene rings is 3. The molecule has 5 aromatic rings. The molecule has 8 heteroatoms. The van der Waals surface area contributed by atoms with E-state index in [9.17, 15) is 9.59 Å². The zero-order valence-corrected chi connectivity index (χ0v) is 18.0. The number of nitrogens with one attached hydrogen (secondary N) is 1. The van der Waals surface area contributed by atoms with Crippen LogP contribution in [0, 0.1) is 6.92 Å².